The molecule has 1 aliphatic rings. The van der Waals surface area contributed by atoms with Gasteiger partial charge in [0.15, 0.2) is 0 Å². The van der Waals surface area contributed by atoms with E-state index in [0.29, 0.717) is 12.0 Å². The van der Waals surface area contributed by atoms with Crippen molar-refractivity contribution in [3.8, 4) is 0 Å². The molecule has 0 aliphatic carbocycles. The molecule has 1 atom stereocenters. The molecule has 0 radical (unpaired) electrons. The second-order valence-corrected chi connectivity index (χ2v) is 5.86. The Morgan fingerprint density at radius 3 is 2.71 bits per heavy atom. The summed E-state index contributed by atoms with van der Waals surface area (Å²) < 4.78 is 0. The Kier molecular flexibility index (Phi) is 4.67. The molecule has 1 aliphatic heterocycles. The van der Waals surface area contributed by atoms with Gasteiger partial charge in [-0.1, -0.05) is 6.07 Å². The van der Waals surface area contributed by atoms with Gasteiger partial charge in [0, 0.05) is 23.9 Å². The molecule has 6 heteroatoms. The van der Waals surface area contributed by atoms with Crippen molar-refractivity contribution in [2.75, 3.05) is 13.3 Å². The van der Waals surface area contributed by atoms with Crippen molar-refractivity contribution in [3.63, 3.8) is 0 Å². The number of hydrogen-bond donors (Lipinski definition) is 1. The Labute approximate surface area is 128 Å². The molecule has 1 unspecified atom stereocenters. The smallest absolute Gasteiger partial charge is 0.254 e. The Balaban J connectivity index is 2.24. The lowest BCUT2D eigenvalue weighted by Gasteiger charge is -2.30. The highest BCUT2D eigenvalue weighted by Crippen LogP contribution is 2.24. The number of hydrogen-bond acceptors (Lipinski definition) is 4. The van der Waals surface area contributed by atoms with Crippen molar-refractivity contribution in [2.24, 2.45) is 0 Å². The summed E-state index contributed by atoms with van der Waals surface area (Å²) >= 11 is 1.58. The van der Waals surface area contributed by atoms with Gasteiger partial charge in [0.2, 0.25) is 11.8 Å². The minimum Gasteiger partial charge on any atom is -0.330 e. The van der Waals surface area contributed by atoms with Crippen LogP contribution < -0.4 is 5.32 Å². The Hall–Kier alpha value is -1.82. The van der Waals surface area contributed by atoms with Gasteiger partial charge in [0.05, 0.1) is 0 Å². The molecule has 1 heterocycles. The first-order chi connectivity index (χ1) is 9.95. The first-order valence-electron chi connectivity index (χ1n) is 6.70. The summed E-state index contributed by atoms with van der Waals surface area (Å²) in [6.07, 6.45) is 2.59. The topological polar surface area (TPSA) is 66.5 Å². The van der Waals surface area contributed by atoms with Crippen LogP contribution in [0.15, 0.2) is 23.1 Å². The van der Waals surface area contributed by atoms with E-state index in [-0.39, 0.29) is 18.2 Å². The van der Waals surface area contributed by atoms with E-state index >= 15 is 0 Å². The summed E-state index contributed by atoms with van der Waals surface area (Å²) in [5, 5.41) is 2.28. The fraction of sp³-hybridized carbons (Fsp3) is 0.400. The van der Waals surface area contributed by atoms with E-state index in [4.69, 9.17) is 0 Å². The fourth-order valence-corrected chi connectivity index (χ4v) is 3.08. The van der Waals surface area contributed by atoms with Crippen molar-refractivity contribution in [2.45, 2.75) is 30.7 Å². The third-order valence-electron chi connectivity index (χ3n) is 3.73. The number of nitrogens with one attached hydrogen (secondary N) is 1. The molecule has 0 saturated carbocycles. The minimum absolute atomic E-state index is 0.196. The average molecular weight is 306 g/mol. The summed E-state index contributed by atoms with van der Waals surface area (Å²) in [4.78, 5) is 38.1. The predicted octanol–water partition coefficient (Wildman–Crippen LogP) is 1.59. The summed E-state index contributed by atoms with van der Waals surface area (Å²) in [6, 6.07) is 4.97. The SMILES string of the molecule is CSc1cccc(C(=O)N(C)C2CCC(=O)NC2=O)c1C. The van der Waals surface area contributed by atoms with Crippen LogP contribution in [0.3, 0.4) is 0 Å². The van der Waals surface area contributed by atoms with Gasteiger partial charge in [-0.15, -0.1) is 11.8 Å². The van der Waals surface area contributed by atoms with E-state index in [1.165, 1.54) is 4.90 Å². The zero-order chi connectivity index (χ0) is 15.6. The van der Waals surface area contributed by atoms with Crippen LogP contribution in [0.5, 0.6) is 0 Å². The van der Waals surface area contributed by atoms with Crippen LogP contribution >= 0.6 is 11.8 Å². The number of rotatable bonds is 3. The fourth-order valence-electron chi connectivity index (χ4n) is 2.45. The number of piperidine rings is 1. The molecule has 5 nitrogen and oxygen atoms in total. The molecule has 112 valence electrons. The van der Waals surface area contributed by atoms with Crippen LogP contribution in [-0.2, 0) is 9.59 Å². The zero-order valence-corrected chi connectivity index (χ0v) is 13.1. The maximum absolute atomic E-state index is 12.6. The van der Waals surface area contributed by atoms with Gasteiger partial charge in [0.25, 0.3) is 5.91 Å². The lowest BCUT2D eigenvalue weighted by Crippen LogP contribution is -2.53. The molecule has 3 amide bonds. The molecule has 1 aromatic carbocycles. The number of carbonyl (C=O) groups excluding carboxylic acids is 3. The van der Waals surface area contributed by atoms with Crippen LogP contribution in [0.1, 0.15) is 28.8 Å². The summed E-state index contributed by atoms with van der Waals surface area (Å²) in [7, 11) is 1.60. The third kappa shape index (κ3) is 3.10. The largest absolute Gasteiger partial charge is 0.330 e. The van der Waals surface area contributed by atoms with E-state index in [0.717, 1.165) is 10.5 Å². The van der Waals surface area contributed by atoms with Crippen LogP contribution in [0.4, 0.5) is 0 Å². The second kappa shape index (κ2) is 6.30. The zero-order valence-electron chi connectivity index (χ0n) is 12.3. The highest BCUT2D eigenvalue weighted by Gasteiger charge is 2.33. The number of imide groups is 1. The summed E-state index contributed by atoms with van der Waals surface area (Å²) in [5.74, 6) is -0.878. The van der Waals surface area contributed by atoms with Crippen molar-refractivity contribution >= 4 is 29.5 Å². The quantitative estimate of drug-likeness (QED) is 0.680. The number of carbonyl (C=O) groups is 3. The molecular formula is C15H18N2O3S. The number of likely N-dealkylation sites (N-methyl/N-ethyl adjacent to an activating group) is 1. The van der Waals surface area contributed by atoms with E-state index in [9.17, 15) is 14.4 Å². The lowest BCUT2D eigenvalue weighted by molar-refractivity contribution is -0.136. The molecule has 1 aromatic rings. The van der Waals surface area contributed by atoms with Gasteiger partial charge in [-0.2, -0.15) is 0 Å². The van der Waals surface area contributed by atoms with Crippen LogP contribution in [-0.4, -0.2) is 42.0 Å². The highest BCUT2D eigenvalue weighted by molar-refractivity contribution is 7.98. The normalized spacial score (nSPS) is 18.3. The van der Waals surface area contributed by atoms with Gasteiger partial charge < -0.3 is 4.90 Å². The molecular weight excluding hydrogens is 288 g/mol. The second-order valence-electron chi connectivity index (χ2n) is 5.02. The maximum atomic E-state index is 12.6. The molecule has 0 spiro atoms. The minimum atomic E-state index is -0.590. The number of thioether (sulfide) groups is 1. The lowest BCUT2D eigenvalue weighted by atomic mass is 10.0. The maximum Gasteiger partial charge on any atom is 0.254 e. The van der Waals surface area contributed by atoms with E-state index in [1.807, 2.05) is 25.3 Å². The molecule has 21 heavy (non-hydrogen) atoms. The third-order valence-corrected chi connectivity index (χ3v) is 4.61. The Bertz CT molecular complexity index is 601. The van der Waals surface area contributed by atoms with Crippen molar-refractivity contribution in [1.82, 2.24) is 10.2 Å². The summed E-state index contributed by atoms with van der Waals surface area (Å²) in [5.41, 5.74) is 1.50. The van der Waals surface area contributed by atoms with Gasteiger partial charge in [-0.3, -0.25) is 19.7 Å². The van der Waals surface area contributed by atoms with E-state index in [2.05, 4.69) is 5.32 Å². The average Bonchev–Trinajstić information content (AvgIpc) is 2.46. The first-order valence-corrected chi connectivity index (χ1v) is 7.92. The predicted molar refractivity (Wildman–Crippen MR) is 81.2 cm³/mol. The molecule has 0 aromatic heterocycles. The monoisotopic (exact) mass is 306 g/mol. The number of benzene rings is 1. The van der Waals surface area contributed by atoms with E-state index in [1.54, 1.807) is 24.9 Å². The first kappa shape index (κ1) is 15.6. The van der Waals surface area contributed by atoms with Gasteiger partial charge in [-0.05, 0) is 37.3 Å². The van der Waals surface area contributed by atoms with Crippen LogP contribution in [0.25, 0.3) is 0 Å². The van der Waals surface area contributed by atoms with Gasteiger partial charge in [-0.25, -0.2) is 0 Å². The molecule has 2 rings (SSSR count). The van der Waals surface area contributed by atoms with E-state index < -0.39 is 11.9 Å². The Morgan fingerprint density at radius 1 is 1.38 bits per heavy atom. The summed E-state index contributed by atoms with van der Waals surface area (Å²) in [6.45, 7) is 1.90. The standard InChI is InChI=1S/C15H18N2O3S/c1-9-10(5-4-6-12(9)21-3)15(20)17(2)11-7-8-13(18)16-14(11)19/h4-6,11H,7-8H2,1-3H3,(H,16,18,19). The molecule has 0 bridgehead atoms. The van der Waals surface area contributed by atoms with Crippen molar-refractivity contribution in [3.05, 3.63) is 29.3 Å². The van der Waals surface area contributed by atoms with Crippen molar-refractivity contribution in [1.29, 1.82) is 0 Å². The van der Waals surface area contributed by atoms with Crippen LogP contribution in [0.2, 0.25) is 0 Å². The van der Waals surface area contributed by atoms with Gasteiger partial charge >= 0.3 is 0 Å². The highest BCUT2D eigenvalue weighted by atomic mass is 32.2. The number of amides is 3. The van der Waals surface area contributed by atoms with Gasteiger partial charge in [0.1, 0.15) is 6.04 Å². The molecule has 1 saturated heterocycles. The van der Waals surface area contributed by atoms with Crippen LogP contribution in [0, 0.1) is 6.92 Å². The number of nitrogens with zero attached hydrogens (tertiary/aromatic N) is 1. The molecule has 1 N–H and O–H groups in total. The Morgan fingerprint density at radius 2 is 2.10 bits per heavy atom. The molecule has 1 fully saturated rings. The van der Waals surface area contributed by atoms with Crippen molar-refractivity contribution < 1.29 is 14.4 Å².